The van der Waals surface area contributed by atoms with Crippen LogP contribution in [0.4, 0.5) is 0 Å². The second kappa shape index (κ2) is 6.84. The highest BCUT2D eigenvalue weighted by atomic mass is 79.9. The van der Waals surface area contributed by atoms with Gasteiger partial charge in [0.25, 0.3) is 0 Å². The molecule has 3 atom stereocenters. The SMILES string of the molecule is CCCNC(c1c(Br)nnn1C)C1CCCC(C)C1. The minimum atomic E-state index is 0.372. The first-order valence-electron chi connectivity index (χ1n) is 7.42. The summed E-state index contributed by atoms with van der Waals surface area (Å²) in [6.45, 7) is 5.64. The Labute approximate surface area is 124 Å². The summed E-state index contributed by atoms with van der Waals surface area (Å²) in [6, 6.07) is 0.372. The molecule has 0 aliphatic heterocycles. The first-order chi connectivity index (χ1) is 9.13. The predicted octanol–water partition coefficient (Wildman–Crippen LogP) is 3.44. The van der Waals surface area contributed by atoms with Crippen LogP contribution in [0.15, 0.2) is 4.60 Å². The van der Waals surface area contributed by atoms with Crippen LogP contribution in [0, 0.1) is 11.8 Å². The third-order valence-electron chi connectivity index (χ3n) is 4.18. The van der Waals surface area contributed by atoms with Gasteiger partial charge in [-0.1, -0.05) is 31.9 Å². The number of hydrogen-bond acceptors (Lipinski definition) is 3. The first kappa shape index (κ1) is 15.0. The van der Waals surface area contributed by atoms with Crippen molar-refractivity contribution < 1.29 is 0 Å². The van der Waals surface area contributed by atoms with Gasteiger partial charge in [-0.05, 0) is 53.6 Å². The molecule has 0 aromatic carbocycles. The molecule has 1 aliphatic rings. The highest BCUT2D eigenvalue weighted by molar-refractivity contribution is 9.10. The topological polar surface area (TPSA) is 42.7 Å². The Balaban J connectivity index is 2.20. The van der Waals surface area contributed by atoms with Crippen molar-refractivity contribution in [3.05, 3.63) is 10.3 Å². The van der Waals surface area contributed by atoms with E-state index < -0.39 is 0 Å². The van der Waals surface area contributed by atoms with Crippen LogP contribution in [0.3, 0.4) is 0 Å². The van der Waals surface area contributed by atoms with Gasteiger partial charge in [-0.25, -0.2) is 4.68 Å². The van der Waals surface area contributed by atoms with Crippen LogP contribution in [0.1, 0.15) is 57.7 Å². The maximum Gasteiger partial charge on any atom is 0.153 e. The Hall–Kier alpha value is -0.420. The molecule has 1 N–H and O–H groups in total. The van der Waals surface area contributed by atoms with Gasteiger partial charge in [-0.2, -0.15) is 0 Å². The summed E-state index contributed by atoms with van der Waals surface area (Å²) >= 11 is 3.56. The number of halogens is 1. The highest BCUT2D eigenvalue weighted by Gasteiger charge is 2.31. The standard InChI is InChI=1S/C14H25BrN4/c1-4-8-16-12(11-7-5-6-10(2)9-11)13-14(15)17-18-19(13)3/h10-12,16H,4-9H2,1-3H3. The predicted molar refractivity (Wildman–Crippen MR) is 80.9 cm³/mol. The minimum absolute atomic E-state index is 0.372. The Morgan fingerprint density at radius 3 is 2.84 bits per heavy atom. The van der Waals surface area contributed by atoms with Gasteiger partial charge in [-0.3, -0.25) is 0 Å². The second-order valence-corrected chi connectivity index (χ2v) is 6.60. The fraction of sp³-hybridized carbons (Fsp3) is 0.857. The molecule has 1 fully saturated rings. The van der Waals surface area contributed by atoms with E-state index in [-0.39, 0.29) is 0 Å². The van der Waals surface area contributed by atoms with Crippen LogP contribution in [0.2, 0.25) is 0 Å². The summed E-state index contributed by atoms with van der Waals surface area (Å²) in [4.78, 5) is 0. The molecule has 0 spiro atoms. The number of aryl methyl sites for hydroxylation is 1. The number of aromatic nitrogens is 3. The average molecular weight is 329 g/mol. The summed E-state index contributed by atoms with van der Waals surface area (Å²) in [6.07, 6.45) is 6.49. The quantitative estimate of drug-likeness (QED) is 0.900. The largest absolute Gasteiger partial charge is 0.308 e. The fourth-order valence-electron chi connectivity index (χ4n) is 3.24. The van der Waals surface area contributed by atoms with Crippen LogP contribution in [-0.2, 0) is 7.05 Å². The van der Waals surface area contributed by atoms with Crippen molar-refractivity contribution in [2.75, 3.05) is 6.54 Å². The van der Waals surface area contributed by atoms with Crippen LogP contribution in [0.25, 0.3) is 0 Å². The van der Waals surface area contributed by atoms with Crippen LogP contribution >= 0.6 is 15.9 Å². The zero-order valence-electron chi connectivity index (χ0n) is 12.2. The maximum absolute atomic E-state index is 4.15. The molecule has 108 valence electrons. The second-order valence-electron chi connectivity index (χ2n) is 5.85. The summed E-state index contributed by atoms with van der Waals surface area (Å²) < 4.78 is 2.80. The molecule has 1 aromatic heterocycles. The van der Waals surface area contributed by atoms with Crippen molar-refractivity contribution in [3.63, 3.8) is 0 Å². The number of hydrogen-bond donors (Lipinski definition) is 1. The molecule has 0 saturated heterocycles. The normalized spacial score (nSPS) is 25.5. The van der Waals surface area contributed by atoms with E-state index in [0.717, 1.165) is 23.5 Å². The molecule has 19 heavy (non-hydrogen) atoms. The number of rotatable bonds is 5. The lowest BCUT2D eigenvalue weighted by molar-refractivity contribution is 0.217. The lowest BCUT2D eigenvalue weighted by Crippen LogP contribution is -2.33. The zero-order valence-corrected chi connectivity index (χ0v) is 13.8. The molecule has 0 bridgehead atoms. The van der Waals surface area contributed by atoms with Crippen LogP contribution in [0.5, 0.6) is 0 Å². The van der Waals surface area contributed by atoms with E-state index in [2.05, 4.69) is 45.4 Å². The van der Waals surface area contributed by atoms with E-state index in [0.29, 0.717) is 12.0 Å². The van der Waals surface area contributed by atoms with Gasteiger partial charge in [0.15, 0.2) is 4.60 Å². The first-order valence-corrected chi connectivity index (χ1v) is 8.21. The van der Waals surface area contributed by atoms with Crippen LogP contribution < -0.4 is 5.32 Å². The third kappa shape index (κ3) is 3.57. The highest BCUT2D eigenvalue weighted by Crippen LogP contribution is 2.38. The molecule has 1 aliphatic carbocycles. The molecule has 1 saturated carbocycles. The van der Waals surface area contributed by atoms with Gasteiger partial charge in [0.2, 0.25) is 0 Å². The third-order valence-corrected chi connectivity index (χ3v) is 4.75. The van der Waals surface area contributed by atoms with Crippen molar-refractivity contribution in [1.82, 2.24) is 20.3 Å². The maximum atomic E-state index is 4.15. The van der Waals surface area contributed by atoms with E-state index in [9.17, 15) is 0 Å². The molecule has 1 heterocycles. The van der Waals surface area contributed by atoms with E-state index in [1.807, 2.05) is 11.7 Å². The molecule has 4 nitrogen and oxygen atoms in total. The van der Waals surface area contributed by atoms with Crippen molar-refractivity contribution in [2.24, 2.45) is 18.9 Å². The van der Waals surface area contributed by atoms with E-state index >= 15 is 0 Å². The van der Waals surface area contributed by atoms with E-state index in [1.165, 1.54) is 31.4 Å². The van der Waals surface area contributed by atoms with Crippen molar-refractivity contribution >= 4 is 15.9 Å². The average Bonchev–Trinajstić information content (AvgIpc) is 2.71. The van der Waals surface area contributed by atoms with Gasteiger partial charge < -0.3 is 5.32 Å². The lowest BCUT2D eigenvalue weighted by atomic mass is 9.77. The molecule has 2 rings (SSSR count). The van der Waals surface area contributed by atoms with Crippen molar-refractivity contribution in [3.8, 4) is 0 Å². The van der Waals surface area contributed by atoms with Gasteiger partial charge in [0.1, 0.15) is 0 Å². The molecule has 1 aromatic rings. The number of nitrogens with zero attached hydrogens (tertiary/aromatic N) is 3. The fourth-order valence-corrected chi connectivity index (χ4v) is 3.81. The monoisotopic (exact) mass is 328 g/mol. The van der Waals surface area contributed by atoms with E-state index in [4.69, 9.17) is 0 Å². The van der Waals surface area contributed by atoms with Crippen molar-refractivity contribution in [2.45, 2.75) is 52.0 Å². The Bertz CT molecular complexity index is 385. The van der Waals surface area contributed by atoms with Gasteiger partial charge >= 0.3 is 0 Å². The summed E-state index contributed by atoms with van der Waals surface area (Å²) in [5.74, 6) is 1.54. The molecule has 3 unspecified atom stereocenters. The lowest BCUT2D eigenvalue weighted by Gasteiger charge is -2.34. The molecular weight excluding hydrogens is 304 g/mol. The Morgan fingerprint density at radius 2 is 2.26 bits per heavy atom. The molecule has 0 amide bonds. The van der Waals surface area contributed by atoms with Gasteiger partial charge in [0.05, 0.1) is 11.7 Å². The summed E-state index contributed by atoms with van der Waals surface area (Å²) in [5.41, 5.74) is 1.20. The smallest absolute Gasteiger partial charge is 0.153 e. The van der Waals surface area contributed by atoms with Gasteiger partial charge in [-0.15, -0.1) is 5.10 Å². The molecular formula is C14H25BrN4. The Kier molecular flexibility index (Phi) is 5.39. The van der Waals surface area contributed by atoms with Gasteiger partial charge in [0, 0.05) is 7.05 Å². The summed E-state index contributed by atoms with van der Waals surface area (Å²) in [5, 5.41) is 12.0. The van der Waals surface area contributed by atoms with E-state index in [1.54, 1.807) is 0 Å². The summed E-state index contributed by atoms with van der Waals surface area (Å²) in [7, 11) is 1.99. The molecule has 5 heteroatoms. The number of nitrogens with one attached hydrogen (secondary N) is 1. The zero-order chi connectivity index (χ0) is 13.8. The Morgan fingerprint density at radius 1 is 1.47 bits per heavy atom. The minimum Gasteiger partial charge on any atom is -0.308 e. The van der Waals surface area contributed by atoms with Crippen molar-refractivity contribution in [1.29, 1.82) is 0 Å². The molecule has 0 radical (unpaired) electrons. The van der Waals surface area contributed by atoms with Crippen LogP contribution in [-0.4, -0.2) is 21.5 Å².